The quantitative estimate of drug-likeness (QED) is 0.505. The van der Waals surface area contributed by atoms with E-state index in [0.29, 0.717) is 19.0 Å². The molecule has 1 aromatic rings. The Labute approximate surface area is 96.4 Å². The molecule has 0 aliphatic carbocycles. The van der Waals surface area contributed by atoms with Gasteiger partial charge in [-0.2, -0.15) is 0 Å². The Morgan fingerprint density at radius 2 is 2.06 bits per heavy atom. The van der Waals surface area contributed by atoms with Crippen molar-refractivity contribution < 1.29 is 4.74 Å². The monoisotopic (exact) mass is 224 g/mol. The van der Waals surface area contributed by atoms with Crippen LogP contribution >= 0.6 is 0 Å². The highest BCUT2D eigenvalue weighted by atomic mass is 16.5. The van der Waals surface area contributed by atoms with Crippen LogP contribution in [-0.2, 0) is 4.74 Å². The zero-order valence-corrected chi connectivity index (χ0v) is 10.1. The van der Waals surface area contributed by atoms with Crippen molar-refractivity contribution in [2.24, 2.45) is 5.84 Å². The topological polar surface area (TPSA) is 72.2 Å². The maximum Gasteiger partial charge on any atom is 0.142 e. The molecule has 1 rings (SSSR count). The summed E-state index contributed by atoms with van der Waals surface area (Å²) in [6.45, 7) is 7.45. The van der Waals surface area contributed by atoms with Gasteiger partial charge in [0.05, 0.1) is 5.60 Å². The number of ether oxygens (including phenoxy) is 1. The lowest BCUT2D eigenvalue weighted by molar-refractivity contribution is 0.000644. The summed E-state index contributed by atoms with van der Waals surface area (Å²) in [7, 11) is 0. The van der Waals surface area contributed by atoms with Crippen molar-refractivity contribution >= 4 is 11.6 Å². The van der Waals surface area contributed by atoms with Gasteiger partial charge in [0.15, 0.2) is 0 Å². The number of aromatic nitrogens is 1. The summed E-state index contributed by atoms with van der Waals surface area (Å²) in [6.07, 6.45) is 0. The summed E-state index contributed by atoms with van der Waals surface area (Å²) in [5.41, 5.74) is 2.30. The number of hydrazine groups is 1. The van der Waals surface area contributed by atoms with Gasteiger partial charge in [0, 0.05) is 13.2 Å². The van der Waals surface area contributed by atoms with Crippen LogP contribution in [0.25, 0.3) is 0 Å². The molecule has 16 heavy (non-hydrogen) atoms. The summed E-state index contributed by atoms with van der Waals surface area (Å²) in [4.78, 5) is 4.25. The van der Waals surface area contributed by atoms with Crippen molar-refractivity contribution in [1.29, 1.82) is 0 Å². The lowest BCUT2D eigenvalue weighted by atomic mass is 10.1. The van der Waals surface area contributed by atoms with Gasteiger partial charge in [-0.3, -0.25) is 0 Å². The van der Waals surface area contributed by atoms with Gasteiger partial charge in [0.1, 0.15) is 11.6 Å². The molecule has 0 amide bonds. The molecule has 0 fully saturated rings. The Morgan fingerprint density at radius 1 is 1.38 bits per heavy atom. The average molecular weight is 224 g/mol. The van der Waals surface area contributed by atoms with Gasteiger partial charge in [-0.05, 0) is 32.9 Å². The minimum atomic E-state index is -0.206. The van der Waals surface area contributed by atoms with Crippen LogP contribution in [0.5, 0.6) is 0 Å². The van der Waals surface area contributed by atoms with E-state index in [1.165, 1.54) is 0 Å². The molecule has 4 N–H and O–H groups in total. The van der Waals surface area contributed by atoms with Crippen LogP contribution in [0, 0.1) is 0 Å². The van der Waals surface area contributed by atoms with Gasteiger partial charge in [0.25, 0.3) is 0 Å². The number of pyridine rings is 1. The van der Waals surface area contributed by atoms with Crippen molar-refractivity contribution in [3.63, 3.8) is 0 Å². The molecule has 1 heterocycles. The van der Waals surface area contributed by atoms with Crippen LogP contribution in [-0.4, -0.2) is 23.7 Å². The zero-order valence-electron chi connectivity index (χ0n) is 10.1. The number of nitrogens with two attached hydrogens (primary N) is 1. The normalized spacial score (nSPS) is 11.2. The van der Waals surface area contributed by atoms with Gasteiger partial charge >= 0.3 is 0 Å². The van der Waals surface area contributed by atoms with Gasteiger partial charge in [-0.1, -0.05) is 6.07 Å². The Hall–Kier alpha value is -1.33. The van der Waals surface area contributed by atoms with Crippen LogP contribution in [0.4, 0.5) is 11.6 Å². The third-order valence-electron chi connectivity index (χ3n) is 2.13. The van der Waals surface area contributed by atoms with Crippen LogP contribution in [0.1, 0.15) is 20.8 Å². The van der Waals surface area contributed by atoms with E-state index < -0.39 is 0 Å². The second kappa shape index (κ2) is 5.67. The number of hydrogen-bond donors (Lipinski definition) is 3. The Balaban J connectivity index is 2.53. The lowest BCUT2D eigenvalue weighted by Gasteiger charge is -2.25. The first kappa shape index (κ1) is 12.7. The van der Waals surface area contributed by atoms with Gasteiger partial charge in [0.2, 0.25) is 0 Å². The molecular weight excluding hydrogens is 204 g/mol. The average Bonchev–Trinajstić information content (AvgIpc) is 2.27. The molecule has 5 heteroatoms. The van der Waals surface area contributed by atoms with E-state index >= 15 is 0 Å². The van der Waals surface area contributed by atoms with E-state index in [0.717, 1.165) is 5.82 Å². The van der Waals surface area contributed by atoms with Crippen molar-refractivity contribution in [3.8, 4) is 0 Å². The molecule has 90 valence electrons. The van der Waals surface area contributed by atoms with Gasteiger partial charge in [-0.25, -0.2) is 10.8 Å². The molecule has 0 radical (unpaired) electrons. The number of rotatable bonds is 6. The fourth-order valence-electron chi connectivity index (χ4n) is 1.36. The smallest absolute Gasteiger partial charge is 0.142 e. The molecule has 0 unspecified atom stereocenters. The van der Waals surface area contributed by atoms with E-state index in [4.69, 9.17) is 10.6 Å². The fourth-order valence-corrected chi connectivity index (χ4v) is 1.36. The van der Waals surface area contributed by atoms with Crippen LogP contribution in [0.2, 0.25) is 0 Å². The standard InChI is InChI=1S/C11H20N4O/c1-4-16-11(2,3)8-13-9-6-5-7-10(14-9)15-12/h5-7H,4,8,12H2,1-3H3,(H2,13,14,15). The summed E-state index contributed by atoms with van der Waals surface area (Å²) in [5, 5.41) is 3.21. The van der Waals surface area contributed by atoms with Crippen molar-refractivity contribution in [2.45, 2.75) is 26.4 Å². The molecule has 1 aromatic heterocycles. The molecule has 5 nitrogen and oxygen atoms in total. The highest BCUT2D eigenvalue weighted by Gasteiger charge is 2.17. The minimum Gasteiger partial charge on any atom is -0.374 e. The predicted octanol–water partition coefficient (Wildman–Crippen LogP) is 1.59. The Kier molecular flexibility index (Phi) is 4.52. The van der Waals surface area contributed by atoms with Crippen molar-refractivity contribution in [2.75, 3.05) is 23.9 Å². The third-order valence-corrected chi connectivity index (χ3v) is 2.13. The van der Waals surface area contributed by atoms with Crippen LogP contribution in [0.3, 0.4) is 0 Å². The van der Waals surface area contributed by atoms with Crippen LogP contribution in [0.15, 0.2) is 18.2 Å². The van der Waals surface area contributed by atoms with E-state index in [2.05, 4.69) is 15.7 Å². The minimum absolute atomic E-state index is 0.206. The highest BCUT2D eigenvalue weighted by molar-refractivity contribution is 5.44. The summed E-state index contributed by atoms with van der Waals surface area (Å²) in [5.74, 6) is 6.70. The summed E-state index contributed by atoms with van der Waals surface area (Å²) >= 11 is 0. The SMILES string of the molecule is CCOC(C)(C)CNc1cccc(NN)n1. The number of hydrogen-bond acceptors (Lipinski definition) is 5. The molecule has 0 bridgehead atoms. The van der Waals surface area contributed by atoms with E-state index in [1.807, 2.05) is 32.9 Å². The second-order valence-corrected chi connectivity index (χ2v) is 4.10. The summed E-state index contributed by atoms with van der Waals surface area (Å²) < 4.78 is 5.58. The number of nitrogens with zero attached hydrogens (tertiary/aromatic N) is 1. The van der Waals surface area contributed by atoms with Crippen molar-refractivity contribution in [3.05, 3.63) is 18.2 Å². The number of nitrogens with one attached hydrogen (secondary N) is 2. The van der Waals surface area contributed by atoms with Gasteiger partial charge in [-0.15, -0.1) is 0 Å². The van der Waals surface area contributed by atoms with Gasteiger partial charge < -0.3 is 15.5 Å². The first-order valence-electron chi connectivity index (χ1n) is 5.39. The molecule has 0 atom stereocenters. The largest absolute Gasteiger partial charge is 0.374 e. The Bertz CT molecular complexity index is 328. The molecule has 0 spiro atoms. The highest BCUT2D eigenvalue weighted by Crippen LogP contribution is 2.12. The molecule has 0 aromatic carbocycles. The zero-order chi connectivity index (χ0) is 12.0. The molecular formula is C11H20N4O. The molecule has 0 aliphatic rings. The van der Waals surface area contributed by atoms with Crippen molar-refractivity contribution in [1.82, 2.24) is 4.98 Å². The van der Waals surface area contributed by atoms with E-state index in [1.54, 1.807) is 6.07 Å². The number of anilines is 2. The third kappa shape index (κ3) is 4.04. The first-order valence-corrected chi connectivity index (χ1v) is 5.39. The second-order valence-electron chi connectivity index (χ2n) is 4.10. The first-order chi connectivity index (χ1) is 7.57. The lowest BCUT2D eigenvalue weighted by Crippen LogP contribution is -2.33. The van der Waals surface area contributed by atoms with E-state index in [-0.39, 0.29) is 5.60 Å². The molecule has 0 saturated heterocycles. The predicted molar refractivity (Wildman–Crippen MR) is 66.2 cm³/mol. The molecule has 0 saturated carbocycles. The maximum atomic E-state index is 5.58. The fraction of sp³-hybridized carbons (Fsp3) is 0.545. The molecule has 0 aliphatic heterocycles. The van der Waals surface area contributed by atoms with Crippen LogP contribution < -0.4 is 16.6 Å². The summed E-state index contributed by atoms with van der Waals surface area (Å²) in [6, 6.07) is 5.58. The Morgan fingerprint density at radius 3 is 2.69 bits per heavy atom. The maximum absolute atomic E-state index is 5.58. The number of nitrogen functional groups attached to an aromatic ring is 1. The van der Waals surface area contributed by atoms with E-state index in [9.17, 15) is 0 Å².